The van der Waals surface area contributed by atoms with Gasteiger partial charge in [-0.2, -0.15) is 0 Å². The van der Waals surface area contributed by atoms with Crippen molar-refractivity contribution in [2.75, 3.05) is 13.2 Å². The lowest BCUT2D eigenvalue weighted by atomic mass is 9.66. The van der Waals surface area contributed by atoms with Crippen LogP contribution in [0.4, 0.5) is 0 Å². The van der Waals surface area contributed by atoms with Gasteiger partial charge in [0.2, 0.25) is 0 Å². The molecule has 1 aliphatic carbocycles. The van der Waals surface area contributed by atoms with Gasteiger partial charge >= 0.3 is 0 Å². The fourth-order valence-corrected chi connectivity index (χ4v) is 4.74. The highest BCUT2D eigenvalue weighted by molar-refractivity contribution is 5.78. The lowest BCUT2D eigenvalue weighted by Crippen LogP contribution is -2.59. The van der Waals surface area contributed by atoms with E-state index in [1.54, 1.807) is 24.5 Å². The van der Waals surface area contributed by atoms with E-state index < -0.39 is 5.60 Å². The number of benzene rings is 1. The molecule has 1 saturated heterocycles. The zero-order chi connectivity index (χ0) is 18.7. The van der Waals surface area contributed by atoms with Crippen LogP contribution in [0.2, 0.25) is 0 Å². The van der Waals surface area contributed by atoms with Crippen LogP contribution >= 0.6 is 0 Å². The molecule has 1 aliphatic heterocycles. The van der Waals surface area contributed by atoms with Crippen molar-refractivity contribution in [3.05, 3.63) is 60.4 Å². The highest BCUT2D eigenvalue weighted by atomic mass is 16.5. The zero-order valence-electron chi connectivity index (χ0n) is 15.5. The van der Waals surface area contributed by atoms with E-state index in [0.717, 1.165) is 31.2 Å². The Kier molecular flexibility index (Phi) is 5.12. The van der Waals surface area contributed by atoms with E-state index in [-0.39, 0.29) is 24.5 Å². The first kappa shape index (κ1) is 18.0. The van der Waals surface area contributed by atoms with E-state index in [9.17, 15) is 9.90 Å². The van der Waals surface area contributed by atoms with Gasteiger partial charge < -0.3 is 14.7 Å². The van der Waals surface area contributed by atoms with Gasteiger partial charge in [0.1, 0.15) is 5.75 Å². The Labute approximate surface area is 160 Å². The Hall–Kier alpha value is -2.40. The van der Waals surface area contributed by atoms with Crippen molar-refractivity contribution < 1.29 is 14.6 Å². The molecule has 1 aromatic carbocycles. The number of fused-ring (bicyclic) bond motifs is 1. The van der Waals surface area contributed by atoms with Crippen LogP contribution in [0.15, 0.2) is 54.9 Å². The first-order chi connectivity index (χ1) is 13.2. The summed E-state index contributed by atoms with van der Waals surface area (Å²) >= 11 is 0. The maximum absolute atomic E-state index is 12.9. The van der Waals surface area contributed by atoms with Gasteiger partial charge in [-0.05, 0) is 37.0 Å². The average molecular weight is 366 g/mol. The molecule has 4 rings (SSSR count). The molecule has 1 saturated carbocycles. The van der Waals surface area contributed by atoms with Crippen LogP contribution in [0, 0.1) is 5.92 Å². The highest BCUT2D eigenvalue weighted by Gasteiger charge is 2.50. The molecule has 5 heteroatoms. The Morgan fingerprint density at radius 1 is 1.19 bits per heavy atom. The number of amides is 1. The molecule has 27 heavy (non-hydrogen) atoms. The minimum Gasteiger partial charge on any atom is -0.482 e. The summed E-state index contributed by atoms with van der Waals surface area (Å²) in [6.45, 7) is 0.570. The van der Waals surface area contributed by atoms with Gasteiger partial charge in [-0.1, -0.05) is 43.2 Å². The van der Waals surface area contributed by atoms with Crippen molar-refractivity contribution in [2.45, 2.75) is 43.7 Å². The molecule has 0 unspecified atom stereocenters. The van der Waals surface area contributed by atoms with Gasteiger partial charge in [-0.3, -0.25) is 9.78 Å². The number of aliphatic hydroxyl groups is 1. The predicted molar refractivity (Wildman–Crippen MR) is 102 cm³/mol. The Morgan fingerprint density at radius 2 is 2.00 bits per heavy atom. The van der Waals surface area contributed by atoms with Crippen LogP contribution in [0.1, 0.15) is 37.7 Å². The normalized spacial score (nSPS) is 27.7. The number of hydrogen-bond acceptors (Lipinski definition) is 4. The Balaban J connectivity index is 1.50. The summed E-state index contributed by atoms with van der Waals surface area (Å²) in [5.41, 5.74) is 0.119. The SMILES string of the molecule is O=C(COc1cccnc1)N1CC[C@](O)(c2ccccc2)[C@@H]2CCCC[C@H]21. The zero-order valence-corrected chi connectivity index (χ0v) is 15.5. The Bertz CT molecular complexity index is 768. The number of likely N-dealkylation sites (tertiary alicyclic amines) is 1. The van der Waals surface area contributed by atoms with E-state index in [4.69, 9.17) is 4.74 Å². The number of piperidine rings is 1. The average Bonchev–Trinajstić information content (AvgIpc) is 2.74. The highest BCUT2D eigenvalue weighted by Crippen LogP contribution is 2.46. The van der Waals surface area contributed by atoms with Crippen LogP contribution in [-0.4, -0.2) is 40.1 Å². The predicted octanol–water partition coefficient (Wildman–Crippen LogP) is 3.14. The summed E-state index contributed by atoms with van der Waals surface area (Å²) in [6.07, 6.45) is 7.94. The van der Waals surface area contributed by atoms with Crippen LogP contribution < -0.4 is 4.74 Å². The number of hydrogen-bond donors (Lipinski definition) is 1. The van der Waals surface area contributed by atoms with Crippen molar-refractivity contribution in [3.8, 4) is 5.75 Å². The second kappa shape index (κ2) is 7.69. The van der Waals surface area contributed by atoms with E-state index in [0.29, 0.717) is 18.7 Å². The van der Waals surface area contributed by atoms with Gasteiger partial charge in [0.15, 0.2) is 6.61 Å². The number of nitrogens with zero attached hydrogens (tertiary/aromatic N) is 2. The van der Waals surface area contributed by atoms with Crippen molar-refractivity contribution in [1.82, 2.24) is 9.88 Å². The lowest BCUT2D eigenvalue weighted by Gasteiger charge is -2.52. The summed E-state index contributed by atoms with van der Waals surface area (Å²) in [4.78, 5) is 18.8. The summed E-state index contributed by atoms with van der Waals surface area (Å²) in [5.74, 6) is 0.666. The molecule has 0 bridgehead atoms. The number of rotatable bonds is 4. The molecule has 1 aromatic heterocycles. The van der Waals surface area contributed by atoms with Crippen LogP contribution in [0.3, 0.4) is 0 Å². The van der Waals surface area contributed by atoms with Gasteiger partial charge in [0, 0.05) is 24.7 Å². The van der Waals surface area contributed by atoms with Gasteiger partial charge in [0.05, 0.1) is 11.8 Å². The fourth-order valence-electron chi connectivity index (χ4n) is 4.74. The summed E-state index contributed by atoms with van der Waals surface area (Å²) in [6, 6.07) is 13.6. The molecule has 2 aliphatic rings. The quantitative estimate of drug-likeness (QED) is 0.903. The summed E-state index contributed by atoms with van der Waals surface area (Å²) in [7, 11) is 0. The van der Waals surface area contributed by atoms with Crippen molar-refractivity contribution in [3.63, 3.8) is 0 Å². The van der Waals surface area contributed by atoms with Crippen LogP contribution in [0.25, 0.3) is 0 Å². The maximum atomic E-state index is 12.9. The molecule has 2 heterocycles. The molecular weight excluding hydrogens is 340 g/mol. The van der Waals surface area contributed by atoms with Gasteiger partial charge in [-0.15, -0.1) is 0 Å². The van der Waals surface area contributed by atoms with Gasteiger partial charge in [-0.25, -0.2) is 0 Å². The minimum atomic E-state index is -0.854. The number of ether oxygens (including phenoxy) is 1. The van der Waals surface area contributed by atoms with Crippen molar-refractivity contribution >= 4 is 5.91 Å². The number of pyridine rings is 1. The van der Waals surface area contributed by atoms with E-state index in [1.807, 2.05) is 35.2 Å². The largest absolute Gasteiger partial charge is 0.482 e. The number of aromatic nitrogens is 1. The second-order valence-electron chi connectivity index (χ2n) is 7.56. The molecule has 2 aromatic rings. The maximum Gasteiger partial charge on any atom is 0.260 e. The first-order valence-electron chi connectivity index (χ1n) is 9.79. The van der Waals surface area contributed by atoms with Crippen LogP contribution in [0.5, 0.6) is 5.75 Å². The molecule has 1 amide bonds. The molecular formula is C22H26N2O3. The number of carbonyl (C=O) groups is 1. The first-order valence-corrected chi connectivity index (χ1v) is 9.79. The molecule has 142 valence electrons. The van der Waals surface area contributed by atoms with E-state index in [2.05, 4.69) is 4.98 Å². The molecule has 5 nitrogen and oxygen atoms in total. The Morgan fingerprint density at radius 3 is 2.78 bits per heavy atom. The topological polar surface area (TPSA) is 62.7 Å². The third kappa shape index (κ3) is 3.56. The third-order valence-corrected chi connectivity index (χ3v) is 6.07. The van der Waals surface area contributed by atoms with Crippen molar-refractivity contribution in [1.29, 1.82) is 0 Å². The summed E-state index contributed by atoms with van der Waals surface area (Å²) < 4.78 is 5.62. The smallest absolute Gasteiger partial charge is 0.260 e. The second-order valence-corrected chi connectivity index (χ2v) is 7.56. The fraction of sp³-hybridized carbons (Fsp3) is 0.455. The molecule has 0 spiro atoms. The van der Waals surface area contributed by atoms with Crippen molar-refractivity contribution in [2.24, 2.45) is 5.92 Å². The standard InChI is InChI=1S/C22H26N2O3/c25-21(16-27-18-9-6-13-23-15-18)24-14-12-22(26,17-7-2-1-3-8-17)19-10-4-5-11-20(19)24/h1-3,6-9,13,15,19-20,26H,4-5,10-12,14,16H2/t19-,20-,22+/m1/s1. The van der Waals surface area contributed by atoms with Gasteiger partial charge in [0.25, 0.3) is 5.91 Å². The van der Waals surface area contributed by atoms with E-state index in [1.165, 1.54) is 0 Å². The van der Waals surface area contributed by atoms with Crippen LogP contribution in [-0.2, 0) is 10.4 Å². The molecule has 2 fully saturated rings. The molecule has 0 radical (unpaired) electrons. The summed E-state index contributed by atoms with van der Waals surface area (Å²) in [5, 5.41) is 11.6. The monoisotopic (exact) mass is 366 g/mol. The molecule has 3 atom stereocenters. The lowest BCUT2D eigenvalue weighted by molar-refractivity contribution is -0.156. The third-order valence-electron chi connectivity index (χ3n) is 6.07. The number of carbonyl (C=O) groups excluding carboxylic acids is 1. The van der Waals surface area contributed by atoms with E-state index >= 15 is 0 Å². The minimum absolute atomic E-state index is 0.00846. The molecule has 1 N–H and O–H groups in total.